The Morgan fingerprint density at radius 1 is 1.03 bits per heavy atom. The van der Waals surface area contributed by atoms with E-state index in [0.717, 1.165) is 29.1 Å². The molecule has 5 aromatic rings. The van der Waals surface area contributed by atoms with Gasteiger partial charge in [0.1, 0.15) is 12.1 Å². The van der Waals surface area contributed by atoms with Gasteiger partial charge in [-0.25, -0.2) is 0 Å². The predicted octanol–water partition coefficient (Wildman–Crippen LogP) is 5.13. The minimum Gasteiger partial charge on any atom is -0.497 e. The molecule has 2 aromatic heterocycles. The van der Waals surface area contributed by atoms with Gasteiger partial charge in [-0.05, 0) is 55.5 Å². The molecule has 0 aliphatic carbocycles. The number of aryl methyl sites for hydroxylation is 1. The van der Waals surface area contributed by atoms with Gasteiger partial charge in [-0.15, -0.1) is 10.2 Å². The van der Waals surface area contributed by atoms with Gasteiger partial charge < -0.3 is 14.6 Å². The van der Waals surface area contributed by atoms with E-state index in [2.05, 4.69) is 51.3 Å². The zero-order valence-electron chi connectivity index (χ0n) is 18.4. The van der Waals surface area contributed by atoms with Crippen LogP contribution in [-0.2, 0) is 11.3 Å². The highest BCUT2D eigenvalue weighted by Gasteiger charge is 2.13. The molecule has 5 rings (SSSR count). The van der Waals surface area contributed by atoms with Gasteiger partial charge in [0.2, 0.25) is 5.91 Å². The van der Waals surface area contributed by atoms with Crippen LogP contribution in [-0.4, -0.2) is 38.1 Å². The van der Waals surface area contributed by atoms with Crippen LogP contribution in [0, 0.1) is 0 Å². The average molecular weight is 458 g/mol. The SMILES string of the molecule is CCn1c2ccccc2c2cc(NC(=O)CSc3nncn3-c3ccc(OC)cc3)ccc21. The number of para-hydroxylation sites is 1. The summed E-state index contributed by atoms with van der Waals surface area (Å²) < 4.78 is 9.35. The van der Waals surface area contributed by atoms with Crippen LogP contribution in [0.5, 0.6) is 5.75 Å². The number of carbonyl (C=O) groups excluding carboxylic acids is 1. The molecule has 3 aromatic carbocycles. The third kappa shape index (κ3) is 4.05. The van der Waals surface area contributed by atoms with E-state index >= 15 is 0 Å². The first kappa shape index (κ1) is 21.1. The fraction of sp³-hybridized carbons (Fsp3) is 0.160. The molecule has 0 aliphatic rings. The number of ether oxygens (including phenoxy) is 1. The Morgan fingerprint density at radius 2 is 1.82 bits per heavy atom. The lowest BCUT2D eigenvalue weighted by Crippen LogP contribution is -2.14. The van der Waals surface area contributed by atoms with Crippen molar-refractivity contribution in [3.63, 3.8) is 0 Å². The fourth-order valence-corrected chi connectivity index (χ4v) is 4.77. The quantitative estimate of drug-likeness (QED) is 0.343. The first-order chi connectivity index (χ1) is 16.2. The highest BCUT2D eigenvalue weighted by Crippen LogP contribution is 2.31. The van der Waals surface area contributed by atoms with E-state index in [0.29, 0.717) is 5.16 Å². The van der Waals surface area contributed by atoms with Gasteiger partial charge in [-0.1, -0.05) is 30.0 Å². The van der Waals surface area contributed by atoms with Crippen molar-refractivity contribution in [3.05, 3.63) is 73.1 Å². The third-order valence-electron chi connectivity index (χ3n) is 5.57. The molecule has 8 heteroatoms. The number of methoxy groups -OCH3 is 1. The molecule has 0 aliphatic heterocycles. The summed E-state index contributed by atoms with van der Waals surface area (Å²) in [5.74, 6) is 0.908. The van der Waals surface area contributed by atoms with Crippen LogP contribution in [0.1, 0.15) is 6.92 Å². The van der Waals surface area contributed by atoms with E-state index in [1.54, 1.807) is 13.4 Å². The van der Waals surface area contributed by atoms with Crippen molar-refractivity contribution >= 4 is 45.2 Å². The number of rotatable bonds is 7. The molecule has 0 saturated heterocycles. The number of amides is 1. The van der Waals surface area contributed by atoms with Gasteiger partial charge in [-0.2, -0.15) is 0 Å². The predicted molar refractivity (Wildman–Crippen MR) is 132 cm³/mol. The van der Waals surface area contributed by atoms with E-state index in [4.69, 9.17) is 4.74 Å². The number of anilines is 1. The Bertz CT molecular complexity index is 1440. The van der Waals surface area contributed by atoms with Crippen molar-refractivity contribution in [3.8, 4) is 11.4 Å². The normalized spacial score (nSPS) is 11.2. The molecule has 7 nitrogen and oxygen atoms in total. The van der Waals surface area contributed by atoms with Gasteiger partial charge >= 0.3 is 0 Å². The average Bonchev–Trinajstić information content (AvgIpc) is 3.45. The molecule has 0 radical (unpaired) electrons. The molecule has 0 bridgehead atoms. The van der Waals surface area contributed by atoms with Crippen molar-refractivity contribution in [2.75, 3.05) is 18.2 Å². The summed E-state index contributed by atoms with van der Waals surface area (Å²) in [6, 6.07) is 22.0. The minimum atomic E-state index is -0.0946. The zero-order chi connectivity index (χ0) is 22.8. The van der Waals surface area contributed by atoms with E-state index in [1.807, 2.05) is 47.0 Å². The lowest BCUT2D eigenvalue weighted by atomic mass is 10.1. The second-order valence-electron chi connectivity index (χ2n) is 7.51. The summed E-state index contributed by atoms with van der Waals surface area (Å²) >= 11 is 1.34. The first-order valence-corrected chi connectivity index (χ1v) is 11.6. The number of hydrogen-bond acceptors (Lipinski definition) is 5. The Hall–Kier alpha value is -3.78. The number of carbonyl (C=O) groups is 1. The molecule has 1 amide bonds. The van der Waals surface area contributed by atoms with Gasteiger partial charge in [0.25, 0.3) is 0 Å². The van der Waals surface area contributed by atoms with Crippen molar-refractivity contribution in [1.29, 1.82) is 0 Å². The lowest BCUT2D eigenvalue weighted by molar-refractivity contribution is -0.113. The largest absolute Gasteiger partial charge is 0.497 e. The number of thioether (sulfide) groups is 1. The van der Waals surface area contributed by atoms with E-state index in [1.165, 1.54) is 28.2 Å². The van der Waals surface area contributed by atoms with Crippen LogP contribution in [0.3, 0.4) is 0 Å². The van der Waals surface area contributed by atoms with Crippen LogP contribution in [0.2, 0.25) is 0 Å². The van der Waals surface area contributed by atoms with Crippen LogP contribution in [0.25, 0.3) is 27.5 Å². The number of fused-ring (bicyclic) bond motifs is 3. The molecule has 166 valence electrons. The Kier molecular flexibility index (Phi) is 5.75. The van der Waals surface area contributed by atoms with Crippen LogP contribution in [0.4, 0.5) is 5.69 Å². The van der Waals surface area contributed by atoms with Gasteiger partial charge in [0.15, 0.2) is 5.16 Å². The summed E-state index contributed by atoms with van der Waals surface area (Å²) in [6.45, 7) is 3.03. The highest BCUT2D eigenvalue weighted by molar-refractivity contribution is 7.99. The second-order valence-corrected chi connectivity index (χ2v) is 8.45. The lowest BCUT2D eigenvalue weighted by Gasteiger charge is -2.08. The Labute approximate surface area is 195 Å². The maximum absolute atomic E-state index is 12.7. The van der Waals surface area contributed by atoms with Gasteiger partial charge in [0.05, 0.1) is 12.9 Å². The summed E-state index contributed by atoms with van der Waals surface area (Å²) in [4.78, 5) is 12.7. The molecular weight excluding hydrogens is 434 g/mol. The zero-order valence-corrected chi connectivity index (χ0v) is 19.2. The number of benzene rings is 3. The van der Waals surface area contributed by atoms with E-state index in [-0.39, 0.29) is 11.7 Å². The van der Waals surface area contributed by atoms with Gasteiger partial charge in [0, 0.05) is 39.7 Å². The van der Waals surface area contributed by atoms with Crippen molar-refractivity contribution in [2.45, 2.75) is 18.6 Å². The standard InChI is InChI=1S/C25H23N5O2S/c1-3-29-22-7-5-4-6-20(22)21-14-17(8-13-23(21)29)27-24(31)15-33-25-28-26-16-30(25)18-9-11-19(32-2)12-10-18/h4-14,16H,3,15H2,1-2H3,(H,27,31). The first-order valence-electron chi connectivity index (χ1n) is 10.7. The van der Waals surface area contributed by atoms with Crippen LogP contribution in [0.15, 0.2) is 78.2 Å². The molecule has 1 N–H and O–H groups in total. The molecule has 0 saturated carbocycles. The molecule has 0 atom stereocenters. The minimum absolute atomic E-state index is 0.0946. The highest BCUT2D eigenvalue weighted by atomic mass is 32.2. The Morgan fingerprint density at radius 3 is 2.61 bits per heavy atom. The van der Waals surface area contributed by atoms with Crippen LogP contribution >= 0.6 is 11.8 Å². The number of aromatic nitrogens is 4. The monoisotopic (exact) mass is 457 g/mol. The van der Waals surface area contributed by atoms with Crippen molar-refractivity contribution in [1.82, 2.24) is 19.3 Å². The maximum Gasteiger partial charge on any atom is 0.234 e. The Balaban J connectivity index is 1.31. The van der Waals surface area contributed by atoms with Crippen molar-refractivity contribution in [2.24, 2.45) is 0 Å². The maximum atomic E-state index is 12.7. The van der Waals surface area contributed by atoms with Gasteiger partial charge in [-0.3, -0.25) is 9.36 Å². The smallest absolute Gasteiger partial charge is 0.234 e. The molecule has 33 heavy (non-hydrogen) atoms. The second kappa shape index (κ2) is 8.99. The molecule has 2 heterocycles. The number of nitrogens with zero attached hydrogens (tertiary/aromatic N) is 4. The van der Waals surface area contributed by atoms with E-state index < -0.39 is 0 Å². The number of hydrogen-bond donors (Lipinski definition) is 1. The molecular formula is C25H23N5O2S. The topological polar surface area (TPSA) is 74.0 Å². The fourth-order valence-electron chi connectivity index (χ4n) is 4.04. The molecule has 0 spiro atoms. The van der Waals surface area contributed by atoms with Crippen molar-refractivity contribution < 1.29 is 9.53 Å². The third-order valence-corrected chi connectivity index (χ3v) is 6.51. The summed E-state index contributed by atoms with van der Waals surface area (Å²) in [5.41, 5.74) is 4.05. The summed E-state index contributed by atoms with van der Waals surface area (Å²) in [5, 5.41) is 14.2. The molecule has 0 fully saturated rings. The van der Waals surface area contributed by atoms with Crippen LogP contribution < -0.4 is 10.1 Å². The summed E-state index contributed by atoms with van der Waals surface area (Å²) in [6.07, 6.45) is 1.64. The number of nitrogens with one attached hydrogen (secondary N) is 1. The molecule has 0 unspecified atom stereocenters. The summed E-state index contributed by atoms with van der Waals surface area (Å²) in [7, 11) is 1.63. The van der Waals surface area contributed by atoms with E-state index in [9.17, 15) is 4.79 Å².